The fourth-order valence-electron chi connectivity index (χ4n) is 1.17. The van der Waals surface area contributed by atoms with Crippen molar-refractivity contribution in [2.75, 3.05) is 26.3 Å². The molecule has 1 fully saturated rings. The van der Waals surface area contributed by atoms with Crippen molar-refractivity contribution in [2.24, 2.45) is 0 Å². The third-order valence-corrected chi connectivity index (χ3v) is 1.90. The molecular weight excluding hydrogens is 144 g/mol. The van der Waals surface area contributed by atoms with E-state index in [1.54, 1.807) is 0 Å². The van der Waals surface area contributed by atoms with E-state index >= 15 is 0 Å². The van der Waals surface area contributed by atoms with Crippen molar-refractivity contribution in [3.05, 3.63) is 0 Å². The second-order valence-corrected chi connectivity index (χ2v) is 2.61. The normalized spacial score (nSPS) is 22.6. The lowest BCUT2D eigenvalue weighted by atomic mass is 10.4. The molecule has 1 amide bonds. The summed E-state index contributed by atoms with van der Waals surface area (Å²) >= 11 is 0. The molecule has 0 aromatic carbocycles. The van der Waals surface area contributed by atoms with E-state index in [0.717, 1.165) is 32.7 Å². The lowest BCUT2D eigenvalue weighted by Gasteiger charge is -2.31. The number of hydrogen-bond acceptors (Lipinski definition) is 3. The van der Waals surface area contributed by atoms with E-state index in [-0.39, 0.29) is 6.17 Å². The predicted octanol–water partition coefficient (Wildman–Crippen LogP) is -0.589. The minimum atomic E-state index is 0.136. The van der Waals surface area contributed by atoms with Gasteiger partial charge in [0.15, 0.2) is 0 Å². The van der Waals surface area contributed by atoms with Crippen molar-refractivity contribution in [1.29, 1.82) is 0 Å². The van der Waals surface area contributed by atoms with Crippen molar-refractivity contribution >= 4 is 6.41 Å². The Morgan fingerprint density at radius 1 is 1.55 bits per heavy atom. The second-order valence-electron chi connectivity index (χ2n) is 2.61. The maximum atomic E-state index is 10.1. The molecule has 11 heavy (non-hydrogen) atoms. The number of rotatable bonds is 3. The summed E-state index contributed by atoms with van der Waals surface area (Å²) in [5.41, 5.74) is 0. The van der Waals surface area contributed by atoms with E-state index in [0.29, 0.717) is 0 Å². The lowest BCUT2D eigenvalue weighted by Crippen LogP contribution is -2.48. The molecule has 1 saturated heterocycles. The van der Waals surface area contributed by atoms with Crippen LogP contribution in [0.4, 0.5) is 0 Å². The summed E-state index contributed by atoms with van der Waals surface area (Å²) in [6.45, 7) is 5.32. The number of nitrogens with zero attached hydrogens (tertiary/aromatic N) is 1. The second kappa shape index (κ2) is 4.31. The highest BCUT2D eigenvalue weighted by molar-refractivity contribution is 5.46. The van der Waals surface area contributed by atoms with Gasteiger partial charge in [-0.3, -0.25) is 9.69 Å². The van der Waals surface area contributed by atoms with Gasteiger partial charge in [-0.1, -0.05) is 0 Å². The first-order chi connectivity index (χ1) is 5.34. The number of ether oxygens (including phenoxy) is 1. The molecule has 1 aliphatic heterocycles. The maximum absolute atomic E-state index is 10.1. The average molecular weight is 158 g/mol. The first-order valence-corrected chi connectivity index (χ1v) is 3.86. The van der Waals surface area contributed by atoms with Crippen LogP contribution >= 0.6 is 0 Å². The van der Waals surface area contributed by atoms with E-state index in [2.05, 4.69) is 10.2 Å². The summed E-state index contributed by atoms with van der Waals surface area (Å²) in [5.74, 6) is 0. The SMILES string of the molecule is CC(NC=O)N1CCOCC1. The van der Waals surface area contributed by atoms with E-state index in [1.807, 2.05) is 6.92 Å². The maximum Gasteiger partial charge on any atom is 0.208 e. The fraction of sp³-hybridized carbons (Fsp3) is 0.857. The topological polar surface area (TPSA) is 41.6 Å². The molecule has 64 valence electrons. The van der Waals surface area contributed by atoms with Gasteiger partial charge in [0.05, 0.1) is 19.4 Å². The van der Waals surface area contributed by atoms with Crippen LogP contribution in [0.15, 0.2) is 0 Å². The molecule has 0 aromatic rings. The van der Waals surface area contributed by atoms with E-state index < -0.39 is 0 Å². The van der Waals surface area contributed by atoms with E-state index in [4.69, 9.17) is 4.74 Å². The number of hydrogen-bond donors (Lipinski definition) is 1. The number of amides is 1. The fourth-order valence-corrected chi connectivity index (χ4v) is 1.17. The van der Waals surface area contributed by atoms with Crippen LogP contribution in [0.1, 0.15) is 6.92 Å². The highest BCUT2D eigenvalue weighted by atomic mass is 16.5. The van der Waals surface area contributed by atoms with Crippen molar-refractivity contribution in [3.63, 3.8) is 0 Å². The zero-order valence-electron chi connectivity index (χ0n) is 6.75. The highest BCUT2D eigenvalue weighted by Gasteiger charge is 2.15. The molecule has 1 aliphatic rings. The number of morpholine rings is 1. The molecule has 4 nitrogen and oxygen atoms in total. The van der Waals surface area contributed by atoms with Gasteiger partial charge in [0, 0.05) is 13.1 Å². The molecule has 1 heterocycles. The monoisotopic (exact) mass is 158 g/mol. The van der Waals surface area contributed by atoms with Crippen LogP contribution in [0.5, 0.6) is 0 Å². The molecule has 0 aromatic heterocycles. The predicted molar refractivity (Wildman–Crippen MR) is 41.1 cm³/mol. The first-order valence-electron chi connectivity index (χ1n) is 3.86. The van der Waals surface area contributed by atoms with Crippen LogP contribution in [-0.2, 0) is 9.53 Å². The van der Waals surface area contributed by atoms with Gasteiger partial charge in [0.25, 0.3) is 0 Å². The van der Waals surface area contributed by atoms with Crippen LogP contribution in [0.3, 0.4) is 0 Å². The lowest BCUT2D eigenvalue weighted by molar-refractivity contribution is -0.111. The third-order valence-electron chi connectivity index (χ3n) is 1.90. The zero-order valence-corrected chi connectivity index (χ0v) is 6.75. The molecule has 0 aliphatic carbocycles. The number of carbonyl (C=O) groups excluding carboxylic acids is 1. The Balaban J connectivity index is 2.26. The largest absolute Gasteiger partial charge is 0.379 e. The number of carbonyl (C=O) groups is 1. The summed E-state index contributed by atoms with van der Waals surface area (Å²) < 4.78 is 5.17. The van der Waals surface area contributed by atoms with Crippen molar-refractivity contribution in [2.45, 2.75) is 13.1 Å². The van der Waals surface area contributed by atoms with Gasteiger partial charge in [-0.25, -0.2) is 0 Å². The van der Waals surface area contributed by atoms with Crippen molar-refractivity contribution in [3.8, 4) is 0 Å². The van der Waals surface area contributed by atoms with Gasteiger partial charge in [0.2, 0.25) is 6.41 Å². The van der Waals surface area contributed by atoms with Crippen LogP contribution in [-0.4, -0.2) is 43.8 Å². The van der Waals surface area contributed by atoms with Gasteiger partial charge in [0.1, 0.15) is 0 Å². The molecule has 4 heteroatoms. The molecule has 1 N–H and O–H groups in total. The van der Waals surface area contributed by atoms with Gasteiger partial charge in [-0.05, 0) is 6.92 Å². The van der Waals surface area contributed by atoms with Crippen molar-refractivity contribution < 1.29 is 9.53 Å². The Labute approximate surface area is 66.5 Å². The Morgan fingerprint density at radius 3 is 2.73 bits per heavy atom. The molecule has 0 bridgehead atoms. The first kappa shape index (κ1) is 8.49. The molecular formula is C7H14N2O2. The Hall–Kier alpha value is -0.610. The quantitative estimate of drug-likeness (QED) is 0.558. The van der Waals surface area contributed by atoms with Crippen LogP contribution in [0.2, 0.25) is 0 Å². The summed E-state index contributed by atoms with van der Waals surface area (Å²) in [6, 6.07) is 0. The smallest absolute Gasteiger partial charge is 0.208 e. The summed E-state index contributed by atoms with van der Waals surface area (Å²) in [4.78, 5) is 12.3. The Kier molecular flexibility index (Phi) is 3.32. The van der Waals surface area contributed by atoms with Crippen molar-refractivity contribution in [1.82, 2.24) is 10.2 Å². The molecule has 0 radical (unpaired) electrons. The van der Waals surface area contributed by atoms with Crippen LogP contribution in [0.25, 0.3) is 0 Å². The van der Waals surface area contributed by atoms with E-state index in [1.165, 1.54) is 0 Å². The van der Waals surface area contributed by atoms with Crippen LogP contribution in [0, 0.1) is 0 Å². The summed E-state index contributed by atoms with van der Waals surface area (Å²) in [6.07, 6.45) is 0.872. The Morgan fingerprint density at radius 2 is 2.18 bits per heavy atom. The van der Waals surface area contributed by atoms with E-state index in [9.17, 15) is 4.79 Å². The standard InChI is InChI=1S/C7H14N2O2/c1-7(8-6-10)9-2-4-11-5-3-9/h6-7H,2-5H2,1H3,(H,8,10). The molecule has 1 atom stereocenters. The third kappa shape index (κ3) is 2.48. The minimum Gasteiger partial charge on any atom is -0.379 e. The molecule has 0 saturated carbocycles. The highest BCUT2D eigenvalue weighted by Crippen LogP contribution is 1.99. The van der Waals surface area contributed by atoms with Gasteiger partial charge >= 0.3 is 0 Å². The minimum absolute atomic E-state index is 0.136. The Bertz CT molecular complexity index is 124. The molecule has 0 spiro atoms. The molecule has 1 unspecified atom stereocenters. The summed E-state index contributed by atoms with van der Waals surface area (Å²) in [7, 11) is 0. The number of nitrogens with one attached hydrogen (secondary N) is 1. The zero-order chi connectivity index (χ0) is 8.10. The molecule has 1 rings (SSSR count). The average Bonchev–Trinajstić information content (AvgIpc) is 2.07. The van der Waals surface area contributed by atoms with Crippen LogP contribution < -0.4 is 5.32 Å². The summed E-state index contributed by atoms with van der Waals surface area (Å²) in [5, 5.41) is 2.70. The van der Waals surface area contributed by atoms with Gasteiger partial charge in [-0.15, -0.1) is 0 Å². The van der Waals surface area contributed by atoms with Gasteiger partial charge < -0.3 is 10.1 Å². The van der Waals surface area contributed by atoms with Gasteiger partial charge in [-0.2, -0.15) is 0 Å².